The first-order chi connectivity index (χ1) is 9.15. The Balaban J connectivity index is 2.36. The quantitative estimate of drug-likeness (QED) is 0.789. The predicted octanol–water partition coefficient (Wildman–Crippen LogP) is 3.27. The van der Waals surface area contributed by atoms with Gasteiger partial charge in [0.15, 0.2) is 0 Å². The molecule has 0 atom stereocenters. The molecule has 0 spiro atoms. The van der Waals surface area contributed by atoms with E-state index in [0.717, 1.165) is 17.1 Å². The maximum absolute atomic E-state index is 11.2. The van der Waals surface area contributed by atoms with E-state index in [-0.39, 0.29) is 0 Å². The summed E-state index contributed by atoms with van der Waals surface area (Å²) in [7, 11) is 3.19. The molecule has 0 bridgehead atoms. The van der Waals surface area contributed by atoms with Gasteiger partial charge >= 0.3 is 0 Å². The molecule has 0 unspecified atom stereocenters. The second-order valence-electron chi connectivity index (χ2n) is 3.94. The summed E-state index contributed by atoms with van der Waals surface area (Å²) in [5.74, 6) is 1.44. The van der Waals surface area contributed by atoms with Crippen LogP contribution in [0.15, 0.2) is 35.1 Å². The van der Waals surface area contributed by atoms with Crippen molar-refractivity contribution in [2.45, 2.75) is 6.42 Å². The SMILES string of the molecule is COc1ccc(OC)c(Cc2cocc2C(=O)Cl)c1. The number of benzene rings is 1. The van der Waals surface area contributed by atoms with Gasteiger partial charge in [-0.1, -0.05) is 0 Å². The monoisotopic (exact) mass is 280 g/mol. The fraction of sp³-hybridized carbons (Fsp3) is 0.214. The standard InChI is InChI=1S/C14H13ClO4/c1-17-11-3-4-13(18-2)9(6-11)5-10-7-19-8-12(10)14(15)16/h3-4,6-8H,5H2,1-2H3. The second-order valence-corrected chi connectivity index (χ2v) is 4.28. The van der Waals surface area contributed by atoms with Crippen molar-refractivity contribution < 1.29 is 18.7 Å². The van der Waals surface area contributed by atoms with Gasteiger partial charge in [0, 0.05) is 17.5 Å². The molecule has 5 heteroatoms. The summed E-state index contributed by atoms with van der Waals surface area (Å²) in [5, 5.41) is -0.536. The highest BCUT2D eigenvalue weighted by Crippen LogP contribution is 2.28. The van der Waals surface area contributed by atoms with Gasteiger partial charge in [-0.15, -0.1) is 0 Å². The first-order valence-corrected chi connectivity index (χ1v) is 5.99. The van der Waals surface area contributed by atoms with E-state index in [9.17, 15) is 4.79 Å². The fourth-order valence-corrected chi connectivity index (χ4v) is 2.02. The minimum Gasteiger partial charge on any atom is -0.497 e. The summed E-state index contributed by atoms with van der Waals surface area (Å²) < 4.78 is 15.5. The van der Waals surface area contributed by atoms with E-state index >= 15 is 0 Å². The first-order valence-electron chi connectivity index (χ1n) is 5.61. The van der Waals surface area contributed by atoms with Crippen molar-refractivity contribution in [1.82, 2.24) is 0 Å². The van der Waals surface area contributed by atoms with Gasteiger partial charge in [-0.25, -0.2) is 0 Å². The minimum absolute atomic E-state index is 0.367. The average Bonchev–Trinajstić information content (AvgIpc) is 2.87. The summed E-state index contributed by atoms with van der Waals surface area (Å²) in [6, 6.07) is 5.48. The highest BCUT2D eigenvalue weighted by atomic mass is 35.5. The summed E-state index contributed by atoms with van der Waals surface area (Å²) in [6.45, 7) is 0. The van der Waals surface area contributed by atoms with Crippen LogP contribution in [0.3, 0.4) is 0 Å². The number of ether oxygens (including phenoxy) is 2. The Morgan fingerprint density at radius 3 is 2.63 bits per heavy atom. The zero-order chi connectivity index (χ0) is 13.8. The van der Waals surface area contributed by atoms with Crippen LogP contribution in [0.1, 0.15) is 21.5 Å². The molecule has 100 valence electrons. The summed E-state index contributed by atoms with van der Waals surface area (Å²) in [4.78, 5) is 11.2. The molecule has 0 radical (unpaired) electrons. The van der Waals surface area contributed by atoms with E-state index in [0.29, 0.717) is 17.5 Å². The lowest BCUT2D eigenvalue weighted by atomic mass is 10.0. The van der Waals surface area contributed by atoms with E-state index in [1.54, 1.807) is 14.2 Å². The van der Waals surface area contributed by atoms with Crippen molar-refractivity contribution in [3.63, 3.8) is 0 Å². The molecule has 0 aliphatic carbocycles. The number of halogens is 1. The van der Waals surface area contributed by atoms with Gasteiger partial charge in [-0.2, -0.15) is 0 Å². The molecule has 0 saturated heterocycles. The molecule has 0 amide bonds. The normalized spacial score (nSPS) is 10.3. The Kier molecular flexibility index (Phi) is 4.12. The number of hydrogen-bond donors (Lipinski definition) is 0. The van der Waals surface area contributed by atoms with E-state index < -0.39 is 5.24 Å². The van der Waals surface area contributed by atoms with Crippen LogP contribution in [0.25, 0.3) is 0 Å². The second kappa shape index (κ2) is 5.80. The minimum atomic E-state index is -0.536. The van der Waals surface area contributed by atoms with Crippen LogP contribution in [0.2, 0.25) is 0 Å². The van der Waals surface area contributed by atoms with E-state index in [4.69, 9.17) is 25.5 Å². The average molecular weight is 281 g/mol. The zero-order valence-electron chi connectivity index (χ0n) is 10.6. The van der Waals surface area contributed by atoms with Crippen molar-refractivity contribution in [3.05, 3.63) is 47.4 Å². The molecular formula is C14H13ClO4. The maximum atomic E-state index is 11.2. The Labute approximate surface area is 115 Å². The molecule has 19 heavy (non-hydrogen) atoms. The van der Waals surface area contributed by atoms with E-state index in [1.165, 1.54) is 12.5 Å². The molecule has 0 saturated carbocycles. The van der Waals surface area contributed by atoms with Crippen molar-refractivity contribution in [3.8, 4) is 11.5 Å². The van der Waals surface area contributed by atoms with Crippen molar-refractivity contribution in [2.24, 2.45) is 0 Å². The summed E-state index contributed by atoms with van der Waals surface area (Å²) in [6.07, 6.45) is 3.33. The number of rotatable bonds is 5. The molecule has 0 aliphatic heterocycles. The Morgan fingerprint density at radius 2 is 2.00 bits per heavy atom. The van der Waals surface area contributed by atoms with Gasteiger partial charge < -0.3 is 13.9 Å². The van der Waals surface area contributed by atoms with Crippen LogP contribution >= 0.6 is 11.6 Å². The Hall–Kier alpha value is -1.94. The van der Waals surface area contributed by atoms with Crippen LogP contribution in [-0.4, -0.2) is 19.5 Å². The highest BCUT2D eigenvalue weighted by molar-refractivity contribution is 6.67. The third-order valence-corrected chi connectivity index (χ3v) is 3.03. The summed E-state index contributed by atoms with van der Waals surface area (Å²) >= 11 is 5.49. The van der Waals surface area contributed by atoms with Crippen LogP contribution in [0.4, 0.5) is 0 Å². The smallest absolute Gasteiger partial charge is 0.255 e. The van der Waals surface area contributed by atoms with Crippen molar-refractivity contribution in [1.29, 1.82) is 0 Å². The fourth-order valence-electron chi connectivity index (χ4n) is 1.86. The molecule has 1 aromatic carbocycles. The van der Waals surface area contributed by atoms with Gasteiger partial charge in [0.1, 0.15) is 17.8 Å². The van der Waals surface area contributed by atoms with Crippen molar-refractivity contribution >= 4 is 16.8 Å². The summed E-state index contributed by atoms with van der Waals surface area (Å²) in [5.41, 5.74) is 1.97. The molecule has 1 aromatic heterocycles. The van der Waals surface area contributed by atoms with Crippen molar-refractivity contribution in [2.75, 3.05) is 14.2 Å². The van der Waals surface area contributed by atoms with Crippen LogP contribution < -0.4 is 9.47 Å². The molecular weight excluding hydrogens is 268 g/mol. The number of methoxy groups -OCH3 is 2. The topological polar surface area (TPSA) is 48.7 Å². The van der Waals surface area contributed by atoms with Gasteiger partial charge in [0.05, 0.1) is 26.0 Å². The first kappa shape index (κ1) is 13.5. The molecule has 2 aromatic rings. The Morgan fingerprint density at radius 1 is 1.21 bits per heavy atom. The molecule has 0 aliphatic rings. The lowest BCUT2D eigenvalue weighted by molar-refractivity contribution is 0.108. The number of carbonyl (C=O) groups is 1. The number of furan rings is 1. The molecule has 1 heterocycles. The molecule has 0 N–H and O–H groups in total. The number of hydrogen-bond acceptors (Lipinski definition) is 4. The lowest BCUT2D eigenvalue weighted by Crippen LogP contribution is -1.98. The Bertz CT molecular complexity index is 589. The van der Waals surface area contributed by atoms with E-state index in [1.807, 2.05) is 18.2 Å². The van der Waals surface area contributed by atoms with Crippen LogP contribution in [0, 0.1) is 0 Å². The molecule has 0 fully saturated rings. The third-order valence-electron chi connectivity index (χ3n) is 2.82. The van der Waals surface area contributed by atoms with Gasteiger partial charge in [-0.3, -0.25) is 4.79 Å². The lowest BCUT2D eigenvalue weighted by Gasteiger charge is -2.10. The van der Waals surface area contributed by atoms with Gasteiger partial charge in [0.2, 0.25) is 0 Å². The third kappa shape index (κ3) is 2.90. The maximum Gasteiger partial charge on any atom is 0.255 e. The zero-order valence-corrected chi connectivity index (χ0v) is 11.4. The van der Waals surface area contributed by atoms with Crippen LogP contribution in [0.5, 0.6) is 11.5 Å². The van der Waals surface area contributed by atoms with Gasteiger partial charge in [-0.05, 0) is 29.8 Å². The highest BCUT2D eigenvalue weighted by Gasteiger charge is 2.14. The largest absolute Gasteiger partial charge is 0.497 e. The molecule has 2 rings (SSSR count). The van der Waals surface area contributed by atoms with E-state index in [2.05, 4.69) is 0 Å². The number of carbonyl (C=O) groups excluding carboxylic acids is 1. The predicted molar refractivity (Wildman–Crippen MR) is 71.2 cm³/mol. The van der Waals surface area contributed by atoms with Gasteiger partial charge in [0.25, 0.3) is 5.24 Å². The van der Waals surface area contributed by atoms with Crippen LogP contribution in [-0.2, 0) is 6.42 Å². The molecule has 4 nitrogen and oxygen atoms in total.